The van der Waals surface area contributed by atoms with E-state index in [-0.39, 0.29) is 29.2 Å². The third-order valence-corrected chi connectivity index (χ3v) is 10.8. The Morgan fingerprint density at radius 2 is 1.66 bits per heavy atom. The summed E-state index contributed by atoms with van der Waals surface area (Å²) in [6, 6.07) is 15.6. The predicted octanol–water partition coefficient (Wildman–Crippen LogP) is 6.45. The van der Waals surface area contributed by atoms with Crippen molar-refractivity contribution >= 4 is 23.2 Å². The molecule has 1 atom stereocenters. The number of para-hydroxylation sites is 2. The van der Waals surface area contributed by atoms with Crippen LogP contribution in [0.2, 0.25) is 5.02 Å². The Kier molecular flexibility index (Phi) is 10.1. The van der Waals surface area contributed by atoms with Gasteiger partial charge in [0.25, 0.3) is 0 Å². The zero-order chi connectivity index (χ0) is 30.4. The zero-order valence-corrected chi connectivity index (χ0v) is 26.5. The highest BCUT2D eigenvalue weighted by atomic mass is 35.5. The minimum absolute atomic E-state index is 0.169. The summed E-state index contributed by atoms with van der Waals surface area (Å²) >= 11 is 6.19. The lowest BCUT2D eigenvalue weighted by Gasteiger charge is -2.48. The Labute approximate surface area is 266 Å². The number of rotatable bonds is 10. The van der Waals surface area contributed by atoms with E-state index in [1.807, 2.05) is 53.3 Å². The number of amides is 1. The van der Waals surface area contributed by atoms with E-state index in [0.717, 1.165) is 69.4 Å². The molecule has 2 aliphatic carbocycles. The lowest BCUT2D eigenvalue weighted by molar-refractivity contribution is -0.137. The molecular weight excluding hydrogens is 572 g/mol. The van der Waals surface area contributed by atoms with Crippen molar-refractivity contribution in [2.45, 2.75) is 102 Å². The summed E-state index contributed by atoms with van der Waals surface area (Å²) in [5, 5.41) is 26.6. The molecule has 0 radical (unpaired) electrons. The quantitative estimate of drug-likeness (QED) is 0.226. The van der Waals surface area contributed by atoms with Crippen molar-refractivity contribution in [3.63, 3.8) is 0 Å². The van der Waals surface area contributed by atoms with Crippen LogP contribution in [-0.4, -0.2) is 62.1 Å². The average molecular weight is 619 g/mol. The number of carbonyl (C=O) groups excluding carboxylic acids is 1. The van der Waals surface area contributed by atoms with E-state index in [0.29, 0.717) is 23.4 Å². The number of piperidine rings is 1. The van der Waals surface area contributed by atoms with Crippen molar-refractivity contribution in [2.75, 3.05) is 18.4 Å². The SMILES string of the molecule is O=C([C@@H](Cc1ccc(Cl)cc1)NC1CCC(Nc2ccccc2O)CC1)N1CCC(Cn2ccnn2)(C2CCCCC2)CC1. The van der Waals surface area contributed by atoms with Gasteiger partial charge in [0.05, 0.1) is 17.9 Å². The van der Waals surface area contributed by atoms with Crippen LogP contribution < -0.4 is 10.6 Å². The maximum absolute atomic E-state index is 14.3. The lowest BCUT2D eigenvalue weighted by Crippen LogP contribution is -2.55. The molecule has 236 valence electrons. The van der Waals surface area contributed by atoms with Gasteiger partial charge in [0, 0.05) is 42.9 Å². The van der Waals surface area contributed by atoms with Crippen LogP contribution in [0.15, 0.2) is 60.9 Å². The van der Waals surface area contributed by atoms with Crippen LogP contribution in [0.4, 0.5) is 5.69 Å². The number of aromatic nitrogens is 3. The molecule has 0 spiro atoms. The average Bonchev–Trinajstić information content (AvgIpc) is 3.57. The van der Waals surface area contributed by atoms with Gasteiger partial charge in [-0.25, -0.2) is 0 Å². The van der Waals surface area contributed by atoms with E-state index in [2.05, 4.69) is 25.8 Å². The predicted molar refractivity (Wildman–Crippen MR) is 175 cm³/mol. The number of nitrogens with zero attached hydrogens (tertiary/aromatic N) is 4. The molecule has 6 rings (SSSR count). The molecule has 3 aromatic rings. The second-order valence-corrected chi connectivity index (χ2v) is 13.8. The number of halogens is 1. The maximum Gasteiger partial charge on any atom is 0.240 e. The molecule has 0 unspecified atom stereocenters. The van der Waals surface area contributed by atoms with Crippen LogP contribution in [0, 0.1) is 11.3 Å². The van der Waals surface area contributed by atoms with Crippen LogP contribution in [0.3, 0.4) is 0 Å². The van der Waals surface area contributed by atoms with Crippen LogP contribution >= 0.6 is 11.6 Å². The largest absolute Gasteiger partial charge is 0.506 e. The first kappa shape index (κ1) is 30.9. The van der Waals surface area contributed by atoms with Gasteiger partial charge in [0.15, 0.2) is 0 Å². The van der Waals surface area contributed by atoms with E-state index >= 15 is 0 Å². The van der Waals surface area contributed by atoms with E-state index in [1.165, 1.54) is 32.1 Å². The number of benzene rings is 2. The summed E-state index contributed by atoms with van der Waals surface area (Å²) in [7, 11) is 0. The number of phenols is 1. The Morgan fingerprint density at radius 3 is 2.34 bits per heavy atom. The lowest BCUT2D eigenvalue weighted by atomic mass is 9.63. The van der Waals surface area contributed by atoms with Gasteiger partial charge >= 0.3 is 0 Å². The smallest absolute Gasteiger partial charge is 0.240 e. The van der Waals surface area contributed by atoms with Gasteiger partial charge in [-0.15, -0.1) is 5.10 Å². The maximum atomic E-state index is 14.3. The highest BCUT2D eigenvalue weighted by Gasteiger charge is 2.44. The normalized spacial score (nSPS) is 23.2. The van der Waals surface area contributed by atoms with Gasteiger partial charge in [0.1, 0.15) is 5.75 Å². The number of hydrogen-bond acceptors (Lipinski definition) is 6. The summed E-state index contributed by atoms with van der Waals surface area (Å²) in [5.41, 5.74) is 2.08. The van der Waals surface area contributed by atoms with Gasteiger partial charge in [-0.2, -0.15) is 0 Å². The molecule has 9 heteroatoms. The molecule has 3 fully saturated rings. The second kappa shape index (κ2) is 14.3. The molecule has 2 saturated carbocycles. The third kappa shape index (κ3) is 7.57. The van der Waals surface area contributed by atoms with Crippen LogP contribution in [0.25, 0.3) is 0 Å². The highest BCUT2D eigenvalue weighted by Crippen LogP contribution is 2.47. The summed E-state index contributed by atoms with van der Waals surface area (Å²) < 4.78 is 2.02. The summed E-state index contributed by atoms with van der Waals surface area (Å²) in [6.45, 7) is 2.48. The van der Waals surface area contributed by atoms with Crippen molar-refractivity contribution < 1.29 is 9.90 Å². The van der Waals surface area contributed by atoms with Crippen molar-refractivity contribution in [3.05, 3.63) is 71.5 Å². The fourth-order valence-electron chi connectivity index (χ4n) is 8.02. The van der Waals surface area contributed by atoms with Gasteiger partial charge in [-0.1, -0.05) is 60.3 Å². The van der Waals surface area contributed by atoms with Gasteiger partial charge < -0.3 is 20.6 Å². The van der Waals surface area contributed by atoms with Crippen molar-refractivity contribution in [3.8, 4) is 5.75 Å². The summed E-state index contributed by atoms with van der Waals surface area (Å²) in [5.74, 6) is 1.19. The van der Waals surface area contributed by atoms with Crippen molar-refractivity contribution in [1.29, 1.82) is 0 Å². The first-order chi connectivity index (χ1) is 21.5. The summed E-state index contributed by atoms with van der Waals surface area (Å²) in [6.07, 6.45) is 16.9. The van der Waals surface area contributed by atoms with E-state index < -0.39 is 0 Å². The van der Waals surface area contributed by atoms with Gasteiger partial charge in [0.2, 0.25) is 5.91 Å². The molecular formula is C35H47ClN6O2. The number of nitrogens with one attached hydrogen (secondary N) is 2. The number of anilines is 1. The van der Waals surface area contributed by atoms with Crippen LogP contribution in [-0.2, 0) is 17.8 Å². The minimum atomic E-state index is -0.277. The number of aromatic hydroxyl groups is 1. The molecule has 44 heavy (non-hydrogen) atoms. The van der Waals surface area contributed by atoms with Crippen LogP contribution in [0.1, 0.15) is 76.2 Å². The number of phenolic OH excluding ortho intramolecular Hbond substituents is 1. The van der Waals surface area contributed by atoms with E-state index in [9.17, 15) is 9.90 Å². The van der Waals surface area contributed by atoms with Crippen molar-refractivity contribution in [2.24, 2.45) is 11.3 Å². The number of carbonyl (C=O) groups is 1. The van der Waals surface area contributed by atoms with Crippen LogP contribution in [0.5, 0.6) is 5.75 Å². The Hall–Kier alpha value is -3.10. The summed E-state index contributed by atoms with van der Waals surface area (Å²) in [4.78, 5) is 16.4. The standard InChI is InChI=1S/C35H47ClN6O2/c36-28-12-10-26(11-13-28)24-32(39-30-16-14-29(15-17-30)38-31-8-4-5-9-33(31)43)34(44)41-21-18-35(19-22-41,25-42-23-20-37-40-42)27-6-2-1-3-7-27/h4-5,8-13,20,23,27,29-30,32,38-39,43H,1-3,6-7,14-19,21-22,24-25H2/t29?,30?,32-/m1/s1. The van der Waals surface area contributed by atoms with E-state index in [1.54, 1.807) is 12.3 Å². The molecule has 1 amide bonds. The molecule has 1 saturated heterocycles. The fourth-order valence-corrected chi connectivity index (χ4v) is 8.15. The Balaban J connectivity index is 1.11. The zero-order valence-electron chi connectivity index (χ0n) is 25.7. The molecule has 3 aliphatic rings. The molecule has 1 aromatic heterocycles. The molecule has 0 bridgehead atoms. The first-order valence-corrected chi connectivity index (χ1v) is 17.0. The molecule has 2 aromatic carbocycles. The second-order valence-electron chi connectivity index (χ2n) is 13.4. The minimum Gasteiger partial charge on any atom is -0.506 e. The Bertz CT molecular complexity index is 1330. The number of likely N-dealkylation sites (tertiary alicyclic amines) is 1. The Morgan fingerprint density at radius 1 is 0.955 bits per heavy atom. The van der Waals surface area contributed by atoms with E-state index in [4.69, 9.17) is 11.6 Å². The molecule has 2 heterocycles. The van der Waals surface area contributed by atoms with Gasteiger partial charge in [-0.05, 0) is 98.9 Å². The topological polar surface area (TPSA) is 95.3 Å². The molecule has 3 N–H and O–H groups in total. The van der Waals surface area contributed by atoms with Gasteiger partial charge in [-0.3, -0.25) is 9.48 Å². The molecule has 1 aliphatic heterocycles. The third-order valence-electron chi connectivity index (χ3n) is 10.6. The monoisotopic (exact) mass is 618 g/mol. The highest BCUT2D eigenvalue weighted by molar-refractivity contribution is 6.30. The number of hydrogen-bond donors (Lipinski definition) is 3. The first-order valence-electron chi connectivity index (χ1n) is 16.7. The fraction of sp³-hybridized carbons (Fsp3) is 0.571. The van der Waals surface area contributed by atoms with Crippen molar-refractivity contribution in [1.82, 2.24) is 25.2 Å². The molecule has 8 nitrogen and oxygen atoms in total.